The first kappa shape index (κ1) is 10.3. The van der Waals surface area contributed by atoms with Gasteiger partial charge in [-0.15, -0.1) is 0 Å². The highest BCUT2D eigenvalue weighted by atomic mass is 16.5. The van der Waals surface area contributed by atoms with Crippen molar-refractivity contribution in [3.05, 3.63) is 11.1 Å². The van der Waals surface area contributed by atoms with E-state index < -0.39 is 0 Å². The molecule has 0 unspecified atom stereocenters. The van der Waals surface area contributed by atoms with E-state index in [-0.39, 0.29) is 5.97 Å². The number of hydrogen-bond donors (Lipinski definition) is 0. The number of carbonyl (C=O) groups is 1. The predicted octanol–water partition coefficient (Wildman–Crippen LogP) is 1.68. The predicted molar refractivity (Wildman–Crippen MR) is 49.4 cm³/mol. The van der Waals surface area contributed by atoms with Crippen LogP contribution in [0.1, 0.15) is 26.7 Å². The van der Waals surface area contributed by atoms with Gasteiger partial charge >= 0.3 is 5.97 Å². The Morgan fingerprint density at radius 1 is 1.46 bits per heavy atom. The monoisotopic (exact) mass is 184 g/mol. The average Bonchev–Trinajstić information content (AvgIpc) is 2.18. The van der Waals surface area contributed by atoms with Crippen LogP contribution in [-0.4, -0.2) is 25.8 Å². The lowest BCUT2D eigenvalue weighted by molar-refractivity contribution is -0.138. The van der Waals surface area contributed by atoms with E-state index in [1.807, 2.05) is 13.8 Å². The summed E-state index contributed by atoms with van der Waals surface area (Å²) in [5.74, 6) is -0.181. The molecule has 3 nitrogen and oxygen atoms in total. The number of hydrogen-bond acceptors (Lipinski definition) is 3. The Morgan fingerprint density at radius 2 is 2.08 bits per heavy atom. The summed E-state index contributed by atoms with van der Waals surface area (Å²) < 4.78 is 10.1. The molecule has 0 N–H and O–H groups in total. The third-order valence-corrected chi connectivity index (χ3v) is 2.21. The van der Waals surface area contributed by atoms with E-state index in [0.29, 0.717) is 6.61 Å². The number of ether oxygens (including phenoxy) is 2. The van der Waals surface area contributed by atoms with Crippen LogP contribution in [-0.2, 0) is 14.3 Å². The van der Waals surface area contributed by atoms with Gasteiger partial charge in [0.05, 0.1) is 19.8 Å². The molecule has 1 heterocycles. The number of rotatable bonds is 2. The van der Waals surface area contributed by atoms with Crippen molar-refractivity contribution >= 4 is 5.97 Å². The summed E-state index contributed by atoms with van der Waals surface area (Å²) in [5, 5.41) is 0. The summed E-state index contributed by atoms with van der Waals surface area (Å²) in [7, 11) is 0. The molecule has 0 atom stereocenters. The smallest absolute Gasteiger partial charge is 0.333 e. The fraction of sp³-hybridized carbons (Fsp3) is 0.700. The summed E-state index contributed by atoms with van der Waals surface area (Å²) in [6.07, 6.45) is 1.73. The van der Waals surface area contributed by atoms with Gasteiger partial charge in [-0.1, -0.05) is 5.57 Å². The summed E-state index contributed by atoms with van der Waals surface area (Å²) in [5.41, 5.74) is 1.95. The standard InChI is InChI=1S/C10H16O3/c1-3-13-10(11)8(2)9-4-6-12-7-5-9/h3-7H2,1-2H3. The second-order valence-corrected chi connectivity index (χ2v) is 3.06. The van der Waals surface area contributed by atoms with Gasteiger partial charge in [-0.2, -0.15) is 0 Å². The van der Waals surface area contributed by atoms with Gasteiger partial charge in [-0.05, 0) is 26.7 Å². The first-order valence-corrected chi connectivity index (χ1v) is 4.69. The van der Waals surface area contributed by atoms with Gasteiger partial charge in [0.25, 0.3) is 0 Å². The van der Waals surface area contributed by atoms with Crippen LogP contribution in [0.5, 0.6) is 0 Å². The molecule has 1 saturated heterocycles. The first-order chi connectivity index (χ1) is 6.25. The summed E-state index contributed by atoms with van der Waals surface area (Å²) >= 11 is 0. The second kappa shape index (κ2) is 5.02. The van der Waals surface area contributed by atoms with Crippen LogP contribution in [0.2, 0.25) is 0 Å². The maximum atomic E-state index is 11.3. The lowest BCUT2D eigenvalue weighted by Crippen LogP contribution is -2.14. The van der Waals surface area contributed by atoms with Crippen LogP contribution < -0.4 is 0 Å². The maximum absolute atomic E-state index is 11.3. The minimum absolute atomic E-state index is 0.181. The quantitative estimate of drug-likeness (QED) is 0.484. The van der Waals surface area contributed by atoms with Crippen molar-refractivity contribution in [2.75, 3.05) is 19.8 Å². The van der Waals surface area contributed by atoms with Crippen LogP contribution in [0, 0.1) is 0 Å². The molecule has 0 amide bonds. The molecule has 74 valence electrons. The molecule has 1 rings (SSSR count). The van der Waals surface area contributed by atoms with Gasteiger partial charge in [-0.25, -0.2) is 4.79 Å². The summed E-state index contributed by atoms with van der Waals surface area (Å²) in [6, 6.07) is 0. The molecule has 0 aromatic carbocycles. The van der Waals surface area contributed by atoms with Crippen LogP contribution in [0.3, 0.4) is 0 Å². The van der Waals surface area contributed by atoms with E-state index in [9.17, 15) is 4.79 Å². The minimum Gasteiger partial charge on any atom is -0.463 e. The van der Waals surface area contributed by atoms with Crippen molar-refractivity contribution in [3.8, 4) is 0 Å². The molecule has 0 saturated carbocycles. The third-order valence-electron chi connectivity index (χ3n) is 2.21. The third kappa shape index (κ3) is 2.84. The molecule has 1 aliphatic heterocycles. The Kier molecular flexibility index (Phi) is 3.96. The van der Waals surface area contributed by atoms with Gasteiger partial charge < -0.3 is 9.47 Å². The lowest BCUT2D eigenvalue weighted by Gasteiger charge is -2.16. The largest absolute Gasteiger partial charge is 0.463 e. The minimum atomic E-state index is -0.181. The summed E-state index contributed by atoms with van der Waals surface area (Å²) in [6.45, 7) is 5.55. The fourth-order valence-electron chi connectivity index (χ4n) is 1.38. The number of esters is 1. The summed E-state index contributed by atoms with van der Waals surface area (Å²) in [4.78, 5) is 11.3. The zero-order chi connectivity index (χ0) is 9.68. The Hall–Kier alpha value is -0.830. The fourth-order valence-corrected chi connectivity index (χ4v) is 1.38. The Labute approximate surface area is 78.7 Å². The average molecular weight is 184 g/mol. The van der Waals surface area contributed by atoms with E-state index in [1.165, 1.54) is 5.57 Å². The Balaban J connectivity index is 2.60. The molecule has 1 aliphatic rings. The molecule has 0 bridgehead atoms. The van der Waals surface area contributed by atoms with Gasteiger partial charge in [0.1, 0.15) is 0 Å². The van der Waals surface area contributed by atoms with Gasteiger partial charge in [0.2, 0.25) is 0 Å². The van der Waals surface area contributed by atoms with E-state index >= 15 is 0 Å². The molecule has 13 heavy (non-hydrogen) atoms. The van der Waals surface area contributed by atoms with Crippen molar-refractivity contribution in [2.24, 2.45) is 0 Å². The maximum Gasteiger partial charge on any atom is 0.333 e. The van der Waals surface area contributed by atoms with E-state index in [1.54, 1.807) is 0 Å². The van der Waals surface area contributed by atoms with E-state index in [0.717, 1.165) is 31.6 Å². The molecule has 0 aromatic rings. The van der Waals surface area contributed by atoms with Crippen LogP contribution >= 0.6 is 0 Å². The Morgan fingerprint density at radius 3 is 2.62 bits per heavy atom. The molecule has 0 aliphatic carbocycles. The van der Waals surface area contributed by atoms with Crippen LogP contribution in [0.4, 0.5) is 0 Å². The van der Waals surface area contributed by atoms with Gasteiger partial charge in [0.15, 0.2) is 0 Å². The SMILES string of the molecule is CCOC(=O)C(C)=C1CCOCC1. The highest BCUT2D eigenvalue weighted by Gasteiger charge is 2.14. The van der Waals surface area contributed by atoms with Crippen molar-refractivity contribution < 1.29 is 14.3 Å². The van der Waals surface area contributed by atoms with Gasteiger partial charge in [-0.3, -0.25) is 0 Å². The zero-order valence-corrected chi connectivity index (χ0v) is 8.26. The van der Waals surface area contributed by atoms with Crippen molar-refractivity contribution in [2.45, 2.75) is 26.7 Å². The normalized spacial score (nSPS) is 16.9. The second-order valence-electron chi connectivity index (χ2n) is 3.06. The van der Waals surface area contributed by atoms with E-state index in [2.05, 4.69) is 0 Å². The Bertz CT molecular complexity index is 210. The molecule has 1 fully saturated rings. The highest BCUT2D eigenvalue weighted by Crippen LogP contribution is 2.18. The first-order valence-electron chi connectivity index (χ1n) is 4.69. The van der Waals surface area contributed by atoms with Gasteiger partial charge in [0, 0.05) is 5.57 Å². The van der Waals surface area contributed by atoms with Crippen molar-refractivity contribution in [1.29, 1.82) is 0 Å². The topological polar surface area (TPSA) is 35.5 Å². The molecule has 0 radical (unpaired) electrons. The molecule has 0 aromatic heterocycles. The zero-order valence-electron chi connectivity index (χ0n) is 8.26. The van der Waals surface area contributed by atoms with E-state index in [4.69, 9.17) is 9.47 Å². The van der Waals surface area contributed by atoms with Crippen molar-refractivity contribution in [3.63, 3.8) is 0 Å². The van der Waals surface area contributed by atoms with Crippen molar-refractivity contribution in [1.82, 2.24) is 0 Å². The molecule has 3 heteroatoms. The lowest BCUT2D eigenvalue weighted by atomic mass is 10.0. The molecular weight excluding hydrogens is 168 g/mol. The molecular formula is C10H16O3. The van der Waals surface area contributed by atoms with Crippen LogP contribution in [0.25, 0.3) is 0 Å². The molecule has 0 spiro atoms. The highest BCUT2D eigenvalue weighted by molar-refractivity contribution is 5.88. The number of carbonyl (C=O) groups excluding carboxylic acids is 1. The van der Waals surface area contributed by atoms with Crippen LogP contribution in [0.15, 0.2) is 11.1 Å².